The molecule has 2 atom stereocenters. The van der Waals surface area contributed by atoms with Gasteiger partial charge in [0.2, 0.25) is 0 Å². The molecule has 0 bridgehead atoms. The second-order valence-electron chi connectivity index (χ2n) is 5.22. The summed E-state index contributed by atoms with van der Waals surface area (Å²) in [5.41, 5.74) is 0.615. The first-order chi connectivity index (χ1) is 9.13. The van der Waals surface area contributed by atoms with Crippen molar-refractivity contribution in [2.45, 2.75) is 38.6 Å². The van der Waals surface area contributed by atoms with Crippen LogP contribution in [-0.2, 0) is 0 Å². The van der Waals surface area contributed by atoms with Crippen LogP contribution in [0.1, 0.15) is 41.6 Å². The molecule has 19 heavy (non-hydrogen) atoms. The molecule has 1 aliphatic rings. The third-order valence-corrected chi connectivity index (χ3v) is 4.26. The number of nitrogens with one attached hydrogen (secondary N) is 1. The summed E-state index contributed by atoms with van der Waals surface area (Å²) < 4.78 is 13.9. The maximum Gasteiger partial charge on any atom is 0.254 e. The Morgan fingerprint density at radius 2 is 2.16 bits per heavy atom. The standard InChI is InChI=1S/C15H19ClFNO/c1-10-5-4-7-12(14(10)17)15(19)18-13-8-3-2-6-11(13)9-16/h4-5,7,11,13H,2-3,6,8-9H2,1H3,(H,18,19). The van der Waals surface area contributed by atoms with Gasteiger partial charge in [-0.05, 0) is 37.3 Å². The Balaban J connectivity index is 2.09. The molecule has 4 heteroatoms. The van der Waals surface area contributed by atoms with Crippen LogP contribution in [0.2, 0.25) is 0 Å². The maximum atomic E-state index is 13.9. The number of benzene rings is 1. The third kappa shape index (κ3) is 3.27. The number of hydrogen-bond donors (Lipinski definition) is 1. The minimum absolute atomic E-state index is 0.0682. The Bertz CT molecular complexity index is 463. The van der Waals surface area contributed by atoms with E-state index in [9.17, 15) is 9.18 Å². The van der Waals surface area contributed by atoms with Crippen LogP contribution >= 0.6 is 11.6 Å². The summed E-state index contributed by atoms with van der Waals surface area (Å²) in [6, 6.07) is 4.95. The smallest absolute Gasteiger partial charge is 0.254 e. The Hall–Kier alpha value is -1.09. The van der Waals surface area contributed by atoms with Crippen molar-refractivity contribution in [2.75, 3.05) is 5.88 Å². The lowest BCUT2D eigenvalue weighted by molar-refractivity contribution is 0.0907. The van der Waals surface area contributed by atoms with Gasteiger partial charge in [-0.3, -0.25) is 4.79 Å². The Labute approximate surface area is 118 Å². The molecule has 1 aromatic rings. The van der Waals surface area contributed by atoms with Gasteiger partial charge in [-0.25, -0.2) is 4.39 Å². The van der Waals surface area contributed by atoms with E-state index in [2.05, 4.69) is 5.32 Å². The first-order valence-electron chi connectivity index (χ1n) is 6.75. The fourth-order valence-electron chi connectivity index (χ4n) is 2.65. The van der Waals surface area contributed by atoms with E-state index in [4.69, 9.17) is 11.6 Å². The van der Waals surface area contributed by atoms with Crippen molar-refractivity contribution >= 4 is 17.5 Å². The summed E-state index contributed by atoms with van der Waals surface area (Å²) in [5.74, 6) is 0.0787. The molecule has 1 aromatic carbocycles. The molecular formula is C15H19ClFNO. The van der Waals surface area contributed by atoms with Crippen molar-refractivity contribution in [1.29, 1.82) is 0 Å². The van der Waals surface area contributed by atoms with Gasteiger partial charge in [0.25, 0.3) is 5.91 Å². The van der Waals surface area contributed by atoms with Gasteiger partial charge >= 0.3 is 0 Å². The quantitative estimate of drug-likeness (QED) is 0.843. The Morgan fingerprint density at radius 1 is 1.42 bits per heavy atom. The van der Waals surface area contributed by atoms with Gasteiger partial charge in [0, 0.05) is 11.9 Å². The fraction of sp³-hybridized carbons (Fsp3) is 0.533. The maximum absolute atomic E-state index is 13.9. The fourth-order valence-corrected chi connectivity index (χ4v) is 3.02. The number of carbonyl (C=O) groups is 1. The first kappa shape index (κ1) is 14.3. The molecule has 2 nitrogen and oxygen atoms in total. The van der Waals surface area contributed by atoms with Gasteiger partial charge in [0.05, 0.1) is 5.56 Å². The van der Waals surface area contributed by atoms with Crippen LogP contribution < -0.4 is 5.32 Å². The highest BCUT2D eigenvalue weighted by molar-refractivity contribution is 6.18. The van der Waals surface area contributed by atoms with E-state index < -0.39 is 5.82 Å². The predicted molar refractivity (Wildman–Crippen MR) is 75.1 cm³/mol. The summed E-state index contributed by atoms with van der Waals surface area (Å²) >= 11 is 5.94. The van der Waals surface area contributed by atoms with Crippen LogP contribution in [0.4, 0.5) is 4.39 Å². The number of amides is 1. The SMILES string of the molecule is Cc1cccc(C(=O)NC2CCCCC2CCl)c1F. The number of hydrogen-bond acceptors (Lipinski definition) is 1. The van der Waals surface area contributed by atoms with Crippen molar-refractivity contribution in [3.8, 4) is 0 Å². The van der Waals surface area contributed by atoms with Crippen LogP contribution in [0, 0.1) is 18.7 Å². The molecule has 1 amide bonds. The number of carbonyl (C=O) groups excluding carboxylic acids is 1. The average Bonchev–Trinajstić information content (AvgIpc) is 2.42. The molecule has 1 N–H and O–H groups in total. The van der Waals surface area contributed by atoms with Gasteiger partial charge in [-0.15, -0.1) is 11.6 Å². The highest BCUT2D eigenvalue weighted by Crippen LogP contribution is 2.26. The van der Waals surface area contributed by atoms with Crippen LogP contribution in [0.15, 0.2) is 18.2 Å². The van der Waals surface area contributed by atoms with E-state index in [0.29, 0.717) is 17.4 Å². The minimum Gasteiger partial charge on any atom is -0.349 e. The van der Waals surface area contributed by atoms with E-state index in [1.807, 2.05) is 0 Å². The summed E-state index contributed by atoms with van der Waals surface area (Å²) in [7, 11) is 0. The van der Waals surface area contributed by atoms with Crippen molar-refractivity contribution < 1.29 is 9.18 Å². The molecule has 0 spiro atoms. The lowest BCUT2D eigenvalue weighted by Crippen LogP contribution is -2.43. The van der Waals surface area contributed by atoms with E-state index in [0.717, 1.165) is 25.7 Å². The van der Waals surface area contributed by atoms with Crippen LogP contribution in [0.3, 0.4) is 0 Å². The van der Waals surface area contributed by atoms with Crippen LogP contribution in [0.5, 0.6) is 0 Å². The molecule has 1 aliphatic carbocycles. The molecular weight excluding hydrogens is 265 g/mol. The van der Waals surface area contributed by atoms with Crippen LogP contribution in [-0.4, -0.2) is 17.8 Å². The second-order valence-corrected chi connectivity index (χ2v) is 5.52. The summed E-state index contributed by atoms with van der Waals surface area (Å²) in [4.78, 5) is 12.2. The zero-order chi connectivity index (χ0) is 13.8. The zero-order valence-corrected chi connectivity index (χ0v) is 11.8. The minimum atomic E-state index is -0.432. The Kier molecular flexibility index (Phi) is 4.81. The van der Waals surface area contributed by atoms with Gasteiger partial charge in [0.15, 0.2) is 0 Å². The molecule has 0 saturated heterocycles. The van der Waals surface area contributed by atoms with Gasteiger partial charge in [-0.1, -0.05) is 25.0 Å². The molecule has 0 aromatic heterocycles. The third-order valence-electron chi connectivity index (χ3n) is 3.86. The highest BCUT2D eigenvalue weighted by Gasteiger charge is 2.26. The monoisotopic (exact) mass is 283 g/mol. The average molecular weight is 284 g/mol. The number of halogens is 2. The lowest BCUT2D eigenvalue weighted by atomic mass is 9.85. The van der Waals surface area contributed by atoms with Gasteiger partial charge in [-0.2, -0.15) is 0 Å². The molecule has 0 heterocycles. The van der Waals surface area contributed by atoms with Crippen molar-refractivity contribution in [2.24, 2.45) is 5.92 Å². The van der Waals surface area contributed by atoms with Crippen molar-refractivity contribution in [3.05, 3.63) is 35.1 Å². The number of alkyl halides is 1. The highest BCUT2D eigenvalue weighted by atomic mass is 35.5. The van der Waals surface area contributed by atoms with Crippen LogP contribution in [0.25, 0.3) is 0 Å². The predicted octanol–water partition coefficient (Wildman–Crippen LogP) is 3.66. The van der Waals surface area contributed by atoms with E-state index in [1.165, 1.54) is 6.07 Å². The molecule has 1 saturated carbocycles. The topological polar surface area (TPSA) is 29.1 Å². The second kappa shape index (κ2) is 6.38. The lowest BCUT2D eigenvalue weighted by Gasteiger charge is -2.30. The summed E-state index contributed by atoms with van der Waals surface area (Å²) in [6.07, 6.45) is 4.21. The molecule has 104 valence electrons. The first-order valence-corrected chi connectivity index (χ1v) is 7.29. The van der Waals surface area contributed by atoms with Crippen molar-refractivity contribution in [3.63, 3.8) is 0 Å². The van der Waals surface area contributed by atoms with Gasteiger partial charge in [0.1, 0.15) is 5.82 Å². The normalized spacial score (nSPS) is 23.1. The van der Waals surface area contributed by atoms with E-state index in [-0.39, 0.29) is 17.5 Å². The Morgan fingerprint density at radius 3 is 2.89 bits per heavy atom. The number of aryl methyl sites for hydroxylation is 1. The zero-order valence-electron chi connectivity index (χ0n) is 11.1. The van der Waals surface area contributed by atoms with E-state index >= 15 is 0 Å². The number of rotatable bonds is 3. The molecule has 2 rings (SSSR count). The molecule has 0 aliphatic heterocycles. The van der Waals surface area contributed by atoms with E-state index in [1.54, 1.807) is 19.1 Å². The summed E-state index contributed by atoms with van der Waals surface area (Å²) in [6.45, 7) is 1.66. The summed E-state index contributed by atoms with van der Waals surface area (Å²) in [5, 5.41) is 2.94. The largest absolute Gasteiger partial charge is 0.349 e. The van der Waals surface area contributed by atoms with Crippen molar-refractivity contribution in [1.82, 2.24) is 5.32 Å². The van der Waals surface area contributed by atoms with Gasteiger partial charge < -0.3 is 5.32 Å². The molecule has 0 radical (unpaired) electrons. The molecule has 1 fully saturated rings. The molecule has 2 unspecified atom stereocenters.